The molecule has 1 atom stereocenters. The van der Waals surface area contributed by atoms with Crippen molar-refractivity contribution in [2.45, 2.75) is 30.7 Å². The number of thioether (sulfide) groups is 1. The molecule has 1 heterocycles. The third kappa shape index (κ3) is 3.59. The van der Waals surface area contributed by atoms with Crippen molar-refractivity contribution < 1.29 is 9.90 Å². The Kier molecular flexibility index (Phi) is 5.57. The van der Waals surface area contributed by atoms with Gasteiger partial charge in [0, 0.05) is 16.5 Å². The van der Waals surface area contributed by atoms with Crippen LogP contribution in [-0.4, -0.2) is 41.0 Å². The van der Waals surface area contributed by atoms with Crippen LogP contribution in [-0.2, 0) is 0 Å². The Morgan fingerprint density at radius 3 is 3.10 bits per heavy atom. The fourth-order valence-corrected chi connectivity index (χ4v) is 3.27. The van der Waals surface area contributed by atoms with Crippen molar-refractivity contribution in [1.82, 2.24) is 4.90 Å². The molecule has 2 N–H and O–H groups in total. The minimum absolute atomic E-state index is 0.0134. The second-order valence-corrected chi connectivity index (χ2v) is 6.42. The number of hydrogen-bond acceptors (Lipinski definition) is 3. The molecule has 1 aliphatic heterocycles. The van der Waals surface area contributed by atoms with Crippen molar-refractivity contribution in [2.24, 2.45) is 0 Å². The van der Waals surface area contributed by atoms with E-state index in [9.17, 15) is 9.90 Å². The van der Waals surface area contributed by atoms with E-state index < -0.39 is 0 Å². The largest absolute Gasteiger partial charge is 0.394 e. The number of likely N-dealkylation sites (tertiary alicyclic amines) is 1. The summed E-state index contributed by atoms with van der Waals surface area (Å²) in [5, 5.41) is 12.8. The zero-order chi connectivity index (χ0) is 14.5. The van der Waals surface area contributed by atoms with E-state index in [0.717, 1.165) is 29.2 Å². The summed E-state index contributed by atoms with van der Waals surface area (Å²) in [4.78, 5) is 15.0. The van der Waals surface area contributed by atoms with Crippen LogP contribution >= 0.6 is 23.4 Å². The number of aliphatic hydroxyl groups is 1. The van der Waals surface area contributed by atoms with Crippen molar-refractivity contribution in [3.8, 4) is 0 Å². The van der Waals surface area contributed by atoms with Gasteiger partial charge in [-0.05, 0) is 36.8 Å². The average Bonchev–Trinajstić information content (AvgIpc) is 2.90. The number of amides is 2. The van der Waals surface area contributed by atoms with Crippen LogP contribution in [0.4, 0.5) is 10.5 Å². The van der Waals surface area contributed by atoms with E-state index in [0.29, 0.717) is 11.6 Å². The molecule has 2 amide bonds. The Morgan fingerprint density at radius 2 is 2.40 bits per heavy atom. The highest BCUT2D eigenvalue weighted by Gasteiger charge is 2.28. The minimum Gasteiger partial charge on any atom is -0.394 e. The van der Waals surface area contributed by atoms with Crippen molar-refractivity contribution in [3.05, 3.63) is 23.2 Å². The lowest BCUT2D eigenvalue weighted by Crippen LogP contribution is -2.40. The first-order valence-electron chi connectivity index (χ1n) is 6.76. The van der Waals surface area contributed by atoms with Crippen LogP contribution in [0.5, 0.6) is 0 Å². The van der Waals surface area contributed by atoms with Gasteiger partial charge in [-0.3, -0.25) is 0 Å². The number of hydrogen-bond donors (Lipinski definition) is 2. The zero-order valence-electron chi connectivity index (χ0n) is 11.4. The van der Waals surface area contributed by atoms with Crippen LogP contribution in [0.1, 0.15) is 19.8 Å². The molecule has 110 valence electrons. The normalized spacial score (nSPS) is 18.4. The summed E-state index contributed by atoms with van der Waals surface area (Å²) in [6.45, 7) is 2.76. The topological polar surface area (TPSA) is 52.6 Å². The van der Waals surface area contributed by atoms with Crippen molar-refractivity contribution in [2.75, 3.05) is 24.2 Å². The molecule has 0 aliphatic carbocycles. The predicted molar refractivity (Wildman–Crippen MR) is 83.7 cm³/mol. The van der Waals surface area contributed by atoms with Gasteiger partial charge >= 0.3 is 6.03 Å². The second kappa shape index (κ2) is 7.20. The third-order valence-corrected chi connectivity index (χ3v) is 4.52. The quantitative estimate of drug-likeness (QED) is 0.837. The average molecular weight is 315 g/mol. The molecule has 6 heteroatoms. The Bertz CT molecular complexity index is 484. The number of carbonyl (C=O) groups excluding carboxylic acids is 1. The smallest absolute Gasteiger partial charge is 0.322 e. The molecule has 1 fully saturated rings. The van der Waals surface area contributed by atoms with E-state index in [1.54, 1.807) is 22.7 Å². The SMILES string of the molecule is CCSc1ccc(Cl)cc1NC(=O)N1CCC[C@@H]1CO. The second-order valence-electron chi connectivity index (χ2n) is 4.68. The molecular formula is C14H19ClN2O2S. The molecule has 0 saturated carbocycles. The number of urea groups is 1. The highest BCUT2D eigenvalue weighted by Crippen LogP contribution is 2.30. The van der Waals surface area contributed by atoms with Crippen LogP contribution in [0.25, 0.3) is 0 Å². The number of nitrogens with one attached hydrogen (secondary N) is 1. The van der Waals surface area contributed by atoms with Crippen LogP contribution in [0.3, 0.4) is 0 Å². The molecular weight excluding hydrogens is 296 g/mol. The van der Waals surface area contributed by atoms with Gasteiger partial charge in [-0.1, -0.05) is 18.5 Å². The van der Waals surface area contributed by atoms with Crippen LogP contribution < -0.4 is 5.32 Å². The molecule has 1 aromatic rings. The Hall–Kier alpha value is -0.910. The number of rotatable bonds is 4. The Morgan fingerprint density at radius 1 is 1.60 bits per heavy atom. The standard InChI is InChI=1S/C14H19ClN2O2S/c1-2-20-13-6-5-10(15)8-12(13)16-14(19)17-7-3-4-11(17)9-18/h5-6,8,11,18H,2-4,7,9H2,1H3,(H,16,19)/t11-/m1/s1. The van der Waals surface area contributed by atoms with Crippen molar-refractivity contribution in [3.63, 3.8) is 0 Å². The lowest BCUT2D eigenvalue weighted by Gasteiger charge is -2.24. The molecule has 0 spiro atoms. The van der Waals surface area contributed by atoms with Gasteiger partial charge in [0.2, 0.25) is 0 Å². The maximum absolute atomic E-state index is 12.3. The summed E-state index contributed by atoms with van der Waals surface area (Å²) in [7, 11) is 0. The van der Waals surface area contributed by atoms with E-state index in [1.807, 2.05) is 12.1 Å². The number of nitrogens with zero attached hydrogens (tertiary/aromatic N) is 1. The number of halogens is 1. The van der Waals surface area contributed by atoms with Gasteiger partial charge in [0.05, 0.1) is 18.3 Å². The summed E-state index contributed by atoms with van der Waals surface area (Å²) in [5.74, 6) is 0.924. The van der Waals surface area contributed by atoms with Crippen LogP contribution in [0.15, 0.2) is 23.1 Å². The first-order valence-corrected chi connectivity index (χ1v) is 8.13. The molecule has 0 aromatic heterocycles. The first-order chi connectivity index (χ1) is 9.65. The Balaban J connectivity index is 2.12. The van der Waals surface area contributed by atoms with E-state index in [2.05, 4.69) is 12.2 Å². The summed E-state index contributed by atoms with van der Waals surface area (Å²) in [6, 6.07) is 5.26. The monoisotopic (exact) mass is 314 g/mol. The van der Waals surface area contributed by atoms with Gasteiger partial charge in [0.1, 0.15) is 0 Å². The van der Waals surface area contributed by atoms with E-state index in [1.165, 1.54) is 0 Å². The number of carbonyl (C=O) groups is 1. The van der Waals surface area contributed by atoms with Crippen LogP contribution in [0.2, 0.25) is 5.02 Å². The maximum atomic E-state index is 12.3. The molecule has 1 aliphatic rings. The summed E-state index contributed by atoms with van der Waals surface area (Å²) in [5.41, 5.74) is 0.734. The van der Waals surface area contributed by atoms with E-state index >= 15 is 0 Å². The van der Waals surface area contributed by atoms with E-state index in [4.69, 9.17) is 11.6 Å². The highest BCUT2D eigenvalue weighted by molar-refractivity contribution is 7.99. The highest BCUT2D eigenvalue weighted by atomic mass is 35.5. The van der Waals surface area contributed by atoms with Gasteiger partial charge in [0.15, 0.2) is 0 Å². The van der Waals surface area contributed by atoms with Crippen LogP contribution in [0, 0.1) is 0 Å². The molecule has 20 heavy (non-hydrogen) atoms. The van der Waals surface area contributed by atoms with Crippen molar-refractivity contribution >= 4 is 35.1 Å². The van der Waals surface area contributed by atoms with Gasteiger partial charge in [-0.15, -0.1) is 11.8 Å². The van der Waals surface area contributed by atoms with Gasteiger partial charge in [0.25, 0.3) is 0 Å². The maximum Gasteiger partial charge on any atom is 0.322 e. The first kappa shape index (κ1) is 15.5. The van der Waals surface area contributed by atoms with E-state index in [-0.39, 0.29) is 18.7 Å². The zero-order valence-corrected chi connectivity index (χ0v) is 13.0. The predicted octanol–water partition coefficient (Wildman–Crippen LogP) is 3.44. The summed E-state index contributed by atoms with van der Waals surface area (Å²) < 4.78 is 0. The molecule has 4 nitrogen and oxygen atoms in total. The third-order valence-electron chi connectivity index (χ3n) is 3.33. The molecule has 2 rings (SSSR count). The summed E-state index contributed by atoms with van der Waals surface area (Å²) in [6.07, 6.45) is 1.79. The fourth-order valence-electron chi connectivity index (χ4n) is 2.36. The molecule has 1 saturated heterocycles. The van der Waals surface area contributed by atoms with Gasteiger partial charge < -0.3 is 15.3 Å². The van der Waals surface area contributed by atoms with Gasteiger partial charge in [-0.2, -0.15) is 0 Å². The molecule has 1 aromatic carbocycles. The van der Waals surface area contributed by atoms with Crippen molar-refractivity contribution in [1.29, 1.82) is 0 Å². The van der Waals surface area contributed by atoms with Gasteiger partial charge in [-0.25, -0.2) is 4.79 Å². The minimum atomic E-state index is -0.165. The molecule has 0 unspecified atom stereocenters. The molecule has 0 radical (unpaired) electrons. The summed E-state index contributed by atoms with van der Waals surface area (Å²) >= 11 is 7.66. The number of aliphatic hydroxyl groups excluding tert-OH is 1. The number of benzene rings is 1. The lowest BCUT2D eigenvalue weighted by molar-refractivity contribution is 0.166. The lowest BCUT2D eigenvalue weighted by atomic mass is 10.2. The molecule has 0 bridgehead atoms. The fraction of sp³-hybridized carbons (Fsp3) is 0.500. The number of anilines is 1. The Labute approximate surface area is 128 Å².